The molecule has 2 aliphatic carbocycles. The molecule has 7 aliphatic rings. The average Bonchev–Trinajstić information content (AvgIpc) is 3.96. The predicted molar refractivity (Wildman–Crippen MR) is 255 cm³/mol. The number of hydrogen-bond acceptors (Lipinski definition) is 11. The van der Waals surface area contributed by atoms with Gasteiger partial charge in [0.25, 0.3) is 0 Å². The molecule has 7 heterocycles. The van der Waals surface area contributed by atoms with Gasteiger partial charge in [0.15, 0.2) is 6.23 Å². The molecule has 2 aromatic heterocycles. The molecular weight excluding hydrogens is 826 g/mol. The van der Waals surface area contributed by atoms with Crippen molar-refractivity contribution in [1.82, 2.24) is 35.0 Å². The van der Waals surface area contributed by atoms with Crippen LogP contribution in [-0.4, -0.2) is 117 Å². The van der Waals surface area contributed by atoms with E-state index in [2.05, 4.69) is 88.0 Å². The van der Waals surface area contributed by atoms with Crippen LogP contribution in [0.4, 0.5) is 4.39 Å². The normalized spacial score (nSPS) is 30.2. The average molecular weight is 894 g/mol. The molecule has 64 heavy (non-hydrogen) atoms. The minimum absolute atomic E-state index is 0.0687. The van der Waals surface area contributed by atoms with Crippen LogP contribution in [0.25, 0.3) is 22.0 Å². The van der Waals surface area contributed by atoms with Gasteiger partial charge in [-0.1, -0.05) is 45.9 Å². The molecule has 0 bridgehead atoms. The van der Waals surface area contributed by atoms with Gasteiger partial charge in [-0.15, -0.1) is 18.3 Å². The summed E-state index contributed by atoms with van der Waals surface area (Å²) >= 11 is 2.02. The molecule has 10 unspecified atom stereocenters. The lowest BCUT2D eigenvalue weighted by Crippen LogP contribution is -2.55. The smallest absolute Gasteiger partial charge is 0.189 e. The van der Waals surface area contributed by atoms with E-state index in [1.54, 1.807) is 7.11 Å². The van der Waals surface area contributed by atoms with Gasteiger partial charge in [0, 0.05) is 56.3 Å². The second-order valence-electron chi connectivity index (χ2n) is 20.1. The number of fused-ring (bicyclic) bond motifs is 4. The number of aliphatic hydroxyl groups excluding tert-OH is 1. The number of hydrogen-bond donors (Lipinski definition) is 5. The number of H-pyrrole nitrogens is 1. The number of ether oxygens (including phenoxy) is 2. The molecule has 14 heteroatoms. The van der Waals surface area contributed by atoms with Gasteiger partial charge in [-0.25, -0.2) is 9.37 Å². The van der Waals surface area contributed by atoms with Crippen molar-refractivity contribution in [2.45, 2.75) is 127 Å². The summed E-state index contributed by atoms with van der Waals surface area (Å²) in [4.78, 5) is 19.9. The summed E-state index contributed by atoms with van der Waals surface area (Å²) < 4.78 is 30.0. The van der Waals surface area contributed by atoms with Crippen molar-refractivity contribution in [2.75, 3.05) is 40.0 Å². The summed E-state index contributed by atoms with van der Waals surface area (Å²) in [7, 11) is 1.74. The number of nitrogens with two attached hydrogens (primary N) is 1. The number of imidazole rings is 1. The number of alkyl halides is 1. The molecule has 5 aliphatic heterocycles. The van der Waals surface area contributed by atoms with Crippen LogP contribution < -0.4 is 16.4 Å². The van der Waals surface area contributed by atoms with Crippen LogP contribution in [0.2, 0.25) is 0 Å². The lowest BCUT2D eigenvalue weighted by atomic mass is 9.92. The number of methoxy groups -OCH3 is 1. The molecule has 0 radical (unpaired) electrons. The largest absolute Gasteiger partial charge is 0.469 e. The Bertz CT molecular complexity index is 2350. The summed E-state index contributed by atoms with van der Waals surface area (Å²) in [5.74, 6) is 3.65. The number of likely N-dealkylation sites (tertiary alicyclic amines) is 2. The Morgan fingerprint density at radius 2 is 1.98 bits per heavy atom. The molecule has 1 aromatic carbocycles. The second kappa shape index (κ2) is 18.2. The van der Waals surface area contributed by atoms with Crippen molar-refractivity contribution in [3.05, 3.63) is 88.7 Å². The number of allylic oxidation sites excluding steroid dienone is 5. The van der Waals surface area contributed by atoms with Gasteiger partial charge in [0.2, 0.25) is 0 Å². The SMILES string of the molecule is C=CC1CC(c2ncc(C3=CC4=C(CC3)c3cc5cc(C6=NC(C7CC(F)CN7C(O)C(N)C(C)C)NC6)ccc5n3C(C3CC=C(C5CC5)S3)O4)[nH]2)N(CC(NCOC)C(C)C)C1. The van der Waals surface area contributed by atoms with Crippen molar-refractivity contribution in [2.24, 2.45) is 34.4 Å². The Morgan fingerprint density at radius 1 is 1.14 bits per heavy atom. The third-order valence-corrected chi connectivity index (χ3v) is 16.5. The first-order valence-corrected chi connectivity index (χ1v) is 24.8. The topological polar surface area (TPSA) is 141 Å². The summed E-state index contributed by atoms with van der Waals surface area (Å²) in [6.45, 7) is 15.8. The molecule has 344 valence electrons. The quantitative estimate of drug-likeness (QED) is 0.0727. The third-order valence-electron chi connectivity index (χ3n) is 15.0. The number of aromatic nitrogens is 3. The van der Waals surface area contributed by atoms with E-state index >= 15 is 0 Å². The van der Waals surface area contributed by atoms with Crippen LogP contribution in [0, 0.1) is 23.7 Å². The predicted octanol–water partition coefficient (Wildman–Crippen LogP) is 7.48. The first kappa shape index (κ1) is 44.2. The molecule has 2 saturated heterocycles. The maximum Gasteiger partial charge on any atom is 0.189 e. The van der Waals surface area contributed by atoms with E-state index in [1.807, 2.05) is 36.7 Å². The minimum Gasteiger partial charge on any atom is -0.469 e. The Balaban J connectivity index is 0.936. The molecule has 10 atom stereocenters. The maximum atomic E-state index is 14.9. The molecule has 1 saturated carbocycles. The van der Waals surface area contributed by atoms with E-state index < -0.39 is 18.4 Å². The number of thioether (sulfide) groups is 1. The van der Waals surface area contributed by atoms with Gasteiger partial charge in [-0.3, -0.25) is 25.4 Å². The summed E-state index contributed by atoms with van der Waals surface area (Å²) in [5, 5.41) is 19.7. The fourth-order valence-electron chi connectivity index (χ4n) is 11.0. The number of rotatable bonds is 16. The maximum absolute atomic E-state index is 14.9. The third kappa shape index (κ3) is 8.51. The second-order valence-corrected chi connectivity index (χ2v) is 21.4. The van der Waals surface area contributed by atoms with Crippen LogP contribution in [0.5, 0.6) is 0 Å². The minimum atomic E-state index is -1.03. The highest BCUT2D eigenvalue weighted by atomic mass is 32.2. The van der Waals surface area contributed by atoms with E-state index in [1.165, 1.54) is 34.6 Å². The van der Waals surface area contributed by atoms with Gasteiger partial charge < -0.3 is 29.9 Å². The number of aliphatic hydroxyl groups is 1. The van der Waals surface area contributed by atoms with Gasteiger partial charge in [0.1, 0.15) is 30.1 Å². The van der Waals surface area contributed by atoms with Crippen LogP contribution in [0.1, 0.15) is 108 Å². The monoisotopic (exact) mass is 894 g/mol. The van der Waals surface area contributed by atoms with Crippen LogP contribution in [0.3, 0.4) is 0 Å². The number of aromatic amines is 1. The van der Waals surface area contributed by atoms with Gasteiger partial charge in [-0.05, 0) is 109 Å². The molecule has 0 spiro atoms. The van der Waals surface area contributed by atoms with Crippen molar-refractivity contribution < 1.29 is 19.0 Å². The molecule has 6 N–H and O–H groups in total. The van der Waals surface area contributed by atoms with Gasteiger partial charge in [-0.2, -0.15) is 0 Å². The summed E-state index contributed by atoms with van der Waals surface area (Å²) in [5.41, 5.74) is 14.3. The zero-order chi connectivity index (χ0) is 44.4. The molecule has 12 nitrogen and oxygen atoms in total. The van der Waals surface area contributed by atoms with E-state index in [0.29, 0.717) is 37.6 Å². The van der Waals surface area contributed by atoms with Crippen LogP contribution in [0.15, 0.2) is 70.9 Å². The number of nitrogens with zero attached hydrogens (tertiary/aromatic N) is 5. The van der Waals surface area contributed by atoms with Crippen molar-refractivity contribution in [3.63, 3.8) is 0 Å². The first-order chi connectivity index (χ1) is 31.0. The highest BCUT2D eigenvalue weighted by Crippen LogP contribution is 2.53. The Morgan fingerprint density at radius 3 is 2.75 bits per heavy atom. The van der Waals surface area contributed by atoms with Crippen molar-refractivity contribution in [3.8, 4) is 0 Å². The van der Waals surface area contributed by atoms with Crippen LogP contribution >= 0.6 is 11.8 Å². The molecule has 3 aromatic rings. The van der Waals surface area contributed by atoms with Crippen molar-refractivity contribution in [1.29, 1.82) is 0 Å². The molecule has 0 amide bonds. The van der Waals surface area contributed by atoms with E-state index in [9.17, 15) is 9.50 Å². The summed E-state index contributed by atoms with van der Waals surface area (Å²) in [6, 6.07) is 8.79. The highest BCUT2D eigenvalue weighted by Gasteiger charge is 2.45. The molecule has 3 fully saturated rings. The lowest BCUT2D eigenvalue weighted by Gasteiger charge is -2.36. The molecule has 10 rings (SSSR count). The number of halogens is 1. The fraction of sp³-hybridized carbons (Fsp3) is 0.600. The zero-order valence-corrected chi connectivity index (χ0v) is 39.0. The highest BCUT2D eigenvalue weighted by molar-refractivity contribution is 8.04. The molecular formula is C50H68FN9O3S. The fourth-order valence-corrected chi connectivity index (χ4v) is 12.5. The van der Waals surface area contributed by atoms with E-state index in [0.717, 1.165) is 84.1 Å². The van der Waals surface area contributed by atoms with E-state index in [4.69, 9.17) is 25.2 Å². The number of aliphatic imine (C=N–C) groups is 1. The number of nitrogens with one attached hydrogen (secondary N) is 3. The van der Waals surface area contributed by atoms with E-state index in [-0.39, 0.29) is 42.2 Å². The Labute approximate surface area is 382 Å². The number of benzene rings is 1. The van der Waals surface area contributed by atoms with Crippen LogP contribution in [-0.2, 0) is 9.47 Å². The summed E-state index contributed by atoms with van der Waals surface area (Å²) in [6.07, 6.45) is 13.1. The van der Waals surface area contributed by atoms with Crippen molar-refractivity contribution >= 4 is 39.5 Å². The standard InChI is InChI=1S/C50H68FN9O3S/c1-7-29-16-41(58(23-29)25-38(27(2)3)55-26-62-6)47-53-22-37(56-47)32-10-12-35-40-18-33-17-31(36-21-54-48(57-36)42-20-34(51)24-59(42)49(61)46(52)28(4)5)11-13-39(33)60(40)50(63-43(35)19-32)45-15-14-44(64-45)30-8-9-30/h7,11,13-14,17-19,22,27-30,34,38,41-42,45-46,48-50,54-55,61H,1,8-10,12,15-16,20-21,23-26,52H2,2-6H3,(H,53,56). The van der Waals surface area contributed by atoms with Gasteiger partial charge >= 0.3 is 0 Å². The van der Waals surface area contributed by atoms with Gasteiger partial charge in [0.05, 0.1) is 52.9 Å². The Kier molecular flexibility index (Phi) is 12.6. The lowest BCUT2D eigenvalue weighted by molar-refractivity contribution is -0.0404. The first-order valence-electron chi connectivity index (χ1n) is 23.9. The Hall–Kier alpha value is -3.60. The zero-order valence-electron chi connectivity index (χ0n) is 38.2.